The van der Waals surface area contributed by atoms with Crippen molar-refractivity contribution in [1.29, 1.82) is 0 Å². The van der Waals surface area contributed by atoms with Gasteiger partial charge in [-0.15, -0.1) is 0 Å². The number of benzene rings is 2. The SMILES string of the molecule is COC(=O)CC[C@@H]1N=C(c2ccccc2F)c2cc(C)ccc2NC1=NC(CO)CO. The van der Waals surface area contributed by atoms with Crippen LogP contribution in [0.5, 0.6) is 0 Å². The third kappa shape index (κ3) is 5.34. The first-order valence-electron chi connectivity index (χ1n) is 10.0. The molecule has 0 aromatic heterocycles. The molecule has 3 rings (SSSR count). The Morgan fingerprint density at radius 3 is 2.65 bits per heavy atom. The van der Waals surface area contributed by atoms with Crippen molar-refractivity contribution in [3.05, 3.63) is 65.0 Å². The number of carbonyl (C=O) groups is 1. The number of nitrogens with one attached hydrogen (secondary N) is 1. The van der Waals surface area contributed by atoms with Crippen LogP contribution in [0, 0.1) is 12.7 Å². The lowest BCUT2D eigenvalue weighted by Gasteiger charge is -2.18. The number of carbonyl (C=O) groups excluding carboxylic acids is 1. The number of ether oxygens (including phenoxy) is 1. The normalized spacial score (nSPS) is 17.0. The third-order valence-electron chi connectivity index (χ3n) is 5.02. The summed E-state index contributed by atoms with van der Waals surface area (Å²) in [4.78, 5) is 21.0. The number of aliphatic hydroxyl groups is 2. The Balaban J connectivity index is 2.18. The molecule has 0 radical (unpaired) electrons. The summed E-state index contributed by atoms with van der Waals surface area (Å²) in [7, 11) is 1.31. The van der Waals surface area contributed by atoms with Crippen molar-refractivity contribution in [2.75, 3.05) is 25.6 Å². The number of amidine groups is 1. The molecule has 164 valence electrons. The number of anilines is 1. The van der Waals surface area contributed by atoms with Gasteiger partial charge in [0, 0.05) is 23.2 Å². The van der Waals surface area contributed by atoms with Crippen LogP contribution >= 0.6 is 0 Å². The molecule has 1 atom stereocenters. The maximum Gasteiger partial charge on any atom is 0.305 e. The number of rotatable bonds is 7. The molecule has 0 aliphatic carbocycles. The van der Waals surface area contributed by atoms with Crippen LogP contribution in [0.3, 0.4) is 0 Å². The van der Waals surface area contributed by atoms with Crippen LogP contribution in [-0.4, -0.2) is 60.1 Å². The molecule has 0 fully saturated rings. The van der Waals surface area contributed by atoms with Gasteiger partial charge in [0.2, 0.25) is 0 Å². The van der Waals surface area contributed by atoms with Gasteiger partial charge in [-0.2, -0.15) is 0 Å². The van der Waals surface area contributed by atoms with E-state index in [0.29, 0.717) is 28.4 Å². The van der Waals surface area contributed by atoms with Crippen LogP contribution in [0.1, 0.15) is 29.5 Å². The molecule has 31 heavy (non-hydrogen) atoms. The van der Waals surface area contributed by atoms with Gasteiger partial charge >= 0.3 is 5.97 Å². The number of nitrogens with zero attached hydrogens (tertiary/aromatic N) is 2. The summed E-state index contributed by atoms with van der Waals surface area (Å²) in [5.41, 5.74) is 3.11. The van der Waals surface area contributed by atoms with Crippen molar-refractivity contribution in [3.8, 4) is 0 Å². The fourth-order valence-electron chi connectivity index (χ4n) is 3.35. The van der Waals surface area contributed by atoms with Gasteiger partial charge in [-0.05, 0) is 37.6 Å². The lowest BCUT2D eigenvalue weighted by molar-refractivity contribution is -0.140. The molecule has 1 heterocycles. The number of esters is 1. The van der Waals surface area contributed by atoms with E-state index in [4.69, 9.17) is 9.73 Å². The van der Waals surface area contributed by atoms with E-state index in [0.717, 1.165) is 5.56 Å². The molecule has 0 bridgehead atoms. The van der Waals surface area contributed by atoms with Gasteiger partial charge in [-0.3, -0.25) is 14.8 Å². The number of aliphatic hydroxyl groups excluding tert-OH is 2. The molecule has 1 aliphatic rings. The van der Waals surface area contributed by atoms with E-state index in [1.165, 1.54) is 13.2 Å². The van der Waals surface area contributed by atoms with Gasteiger partial charge in [0.1, 0.15) is 17.7 Å². The summed E-state index contributed by atoms with van der Waals surface area (Å²) in [5, 5.41) is 22.3. The zero-order chi connectivity index (χ0) is 22.4. The fourth-order valence-corrected chi connectivity index (χ4v) is 3.35. The maximum absolute atomic E-state index is 14.7. The number of fused-ring (bicyclic) bond motifs is 1. The first-order valence-corrected chi connectivity index (χ1v) is 10.0. The van der Waals surface area contributed by atoms with Crippen LogP contribution in [-0.2, 0) is 9.53 Å². The quantitative estimate of drug-likeness (QED) is 0.589. The van der Waals surface area contributed by atoms with Gasteiger partial charge in [0.15, 0.2) is 0 Å². The Morgan fingerprint density at radius 2 is 1.97 bits per heavy atom. The number of halogens is 1. The first-order chi connectivity index (χ1) is 15.0. The Labute approximate surface area is 180 Å². The molecular weight excluding hydrogens is 401 g/mol. The predicted octanol–water partition coefficient (Wildman–Crippen LogP) is 2.47. The average Bonchev–Trinajstić information content (AvgIpc) is 2.92. The van der Waals surface area contributed by atoms with Gasteiger partial charge in [0.05, 0.1) is 32.1 Å². The number of aryl methyl sites for hydroxylation is 1. The summed E-state index contributed by atoms with van der Waals surface area (Å²) in [5.74, 6) is -0.432. The summed E-state index contributed by atoms with van der Waals surface area (Å²) < 4.78 is 19.5. The number of hydrogen-bond acceptors (Lipinski definition) is 6. The largest absolute Gasteiger partial charge is 0.469 e. The Kier molecular flexibility index (Phi) is 7.49. The second-order valence-corrected chi connectivity index (χ2v) is 7.30. The van der Waals surface area contributed by atoms with E-state index in [2.05, 4.69) is 10.3 Å². The lowest BCUT2D eigenvalue weighted by Crippen LogP contribution is -2.30. The second kappa shape index (κ2) is 10.3. The highest BCUT2D eigenvalue weighted by Crippen LogP contribution is 2.28. The summed E-state index contributed by atoms with van der Waals surface area (Å²) >= 11 is 0. The van der Waals surface area contributed by atoms with Crippen LogP contribution < -0.4 is 5.32 Å². The molecule has 0 spiro atoms. The molecule has 0 saturated heterocycles. The molecule has 2 aromatic carbocycles. The first kappa shape index (κ1) is 22.6. The summed E-state index contributed by atoms with van der Waals surface area (Å²) in [6.07, 6.45) is 0.335. The van der Waals surface area contributed by atoms with Gasteiger partial charge in [0.25, 0.3) is 0 Å². The zero-order valence-electron chi connectivity index (χ0n) is 17.5. The van der Waals surface area contributed by atoms with Gasteiger partial charge < -0.3 is 20.3 Å². The maximum atomic E-state index is 14.7. The van der Waals surface area contributed by atoms with E-state index in [9.17, 15) is 19.4 Å². The second-order valence-electron chi connectivity index (χ2n) is 7.30. The Morgan fingerprint density at radius 1 is 1.23 bits per heavy atom. The van der Waals surface area contributed by atoms with Gasteiger partial charge in [-0.25, -0.2) is 4.39 Å². The summed E-state index contributed by atoms with van der Waals surface area (Å²) in [6.45, 7) is 1.23. The topological polar surface area (TPSA) is 104 Å². The van der Waals surface area contributed by atoms with Crippen molar-refractivity contribution in [2.45, 2.75) is 31.8 Å². The number of aliphatic imine (C=N–C) groups is 2. The Hall–Kier alpha value is -3.10. The molecular formula is C23H26FN3O4. The standard InChI is InChI=1S/C23H26FN3O4/c1-14-7-8-19-17(11-14)22(16-5-3-4-6-18(16)24)26-20(9-10-21(30)31-2)23(27-19)25-15(12-28)13-29/h3-8,11,15,20,28-29H,9-10,12-13H2,1-2H3,(H,25,27)/t20-/m0/s1. The molecule has 0 saturated carbocycles. The monoisotopic (exact) mass is 427 g/mol. The van der Waals surface area contributed by atoms with E-state index in [-0.39, 0.29) is 26.1 Å². The zero-order valence-corrected chi connectivity index (χ0v) is 17.5. The number of hydrogen-bond donors (Lipinski definition) is 3. The molecule has 8 heteroatoms. The minimum atomic E-state index is -0.748. The van der Waals surface area contributed by atoms with Crippen molar-refractivity contribution in [3.63, 3.8) is 0 Å². The van der Waals surface area contributed by atoms with E-state index >= 15 is 0 Å². The van der Waals surface area contributed by atoms with Crippen molar-refractivity contribution >= 4 is 23.2 Å². The summed E-state index contributed by atoms with van der Waals surface area (Å²) in [6, 6.07) is 10.7. The smallest absolute Gasteiger partial charge is 0.305 e. The van der Waals surface area contributed by atoms with Crippen molar-refractivity contribution < 1.29 is 24.1 Å². The Bertz CT molecular complexity index is 1000. The van der Waals surface area contributed by atoms with Crippen LogP contribution in [0.15, 0.2) is 52.4 Å². The molecule has 2 aromatic rings. The highest BCUT2D eigenvalue weighted by Gasteiger charge is 2.27. The highest BCUT2D eigenvalue weighted by atomic mass is 19.1. The molecule has 0 unspecified atom stereocenters. The van der Waals surface area contributed by atoms with E-state index < -0.39 is 23.9 Å². The average molecular weight is 427 g/mol. The van der Waals surface area contributed by atoms with Crippen molar-refractivity contribution in [1.82, 2.24) is 0 Å². The molecule has 0 amide bonds. The van der Waals surface area contributed by atoms with Crippen molar-refractivity contribution in [2.24, 2.45) is 9.98 Å². The number of methoxy groups -OCH3 is 1. The fraction of sp³-hybridized carbons (Fsp3) is 0.348. The van der Waals surface area contributed by atoms with Gasteiger partial charge in [-0.1, -0.05) is 23.8 Å². The lowest BCUT2D eigenvalue weighted by atomic mass is 9.98. The molecule has 3 N–H and O–H groups in total. The minimum absolute atomic E-state index is 0.0776. The van der Waals surface area contributed by atoms with Crippen LogP contribution in [0.2, 0.25) is 0 Å². The predicted molar refractivity (Wildman–Crippen MR) is 117 cm³/mol. The number of benzodiazepines with no additional fused rings is 1. The highest BCUT2D eigenvalue weighted by molar-refractivity contribution is 6.20. The minimum Gasteiger partial charge on any atom is -0.469 e. The van der Waals surface area contributed by atoms with E-state index in [1.54, 1.807) is 18.2 Å². The van der Waals surface area contributed by atoms with E-state index in [1.807, 2.05) is 25.1 Å². The molecule has 1 aliphatic heterocycles. The van der Waals surface area contributed by atoms with Crippen LogP contribution in [0.4, 0.5) is 10.1 Å². The molecule has 7 nitrogen and oxygen atoms in total. The van der Waals surface area contributed by atoms with Crippen LogP contribution in [0.25, 0.3) is 0 Å². The third-order valence-corrected chi connectivity index (χ3v) is 5.02.